The van der Waals surface area contributed by atoms with Gasteiger partial charge in [-0.2, -0.15) is 0 Å². The fraction of sp³-hybridized carbons (Fsp3) is 0.235. The molecule has 0 aliphatic carbocycles. The van der Waals surface area contributed by atoms with E-state index in [4.69, 9.17) is 11.6 Å². The van der Waals surface area contributed by atoms with Crippen LogP contribution in [0, 0.1) is 0 Å². The summed E-state index contributed by atoms with van der Waals surface area (Å²) in [5, 5.41) is 6.92. The van der Waals surface area contributed by atoms with Crippen molar-refractivity contribution in [3.63, 3.8) is 0 Å². The van der Waals surface area contributed by atoms with Crippen molar-refractivity contribution in [1.29, 1.82) is 0 Å². The van der Waals surface area contributed by atoms with E-state index in [0.717, 1.165) is 36.3 Å². The molecule has 0 saturated heterocycles. The Balaban J connectivity index is 1.69. The molecule has 2 aromatic rings. The van der Waals surface area contributed by atoms with Crippen molar-refractivity contribution in [2.45, 2.75) is 19.3 Å². The second-order valence-corrected chi connectivity index (χ2v) is 5.63. The number of halogens is 1. The number of nitrogens with one attached hydrogen (secondary N) is 2. The Bertz CT molecular complexity index is 670. The number of rotatable bonds is 3. The Morgan fingerprint density at radius 2 is 2.10 bits per heavy atom. The number of hydrogen-bond acceptors (Lipinski definition) is 2. The maximum absolute atomic E-state index is 12.1. The molecule has 1 aliphatic heterocycles. The molecular formula is C17H17ClN2O. The number of aryl methyl sites for hydroxylation is 1. The smallest absolute Gasteiger partial charge is 0.228 e. The van der Waals surface area contributed by atoms with Crippen LogP contribution in [0.15, 0.2) is 42.5 Å². The molecule has 0 aromatic heterocycles. The van der Waals surface area contributed by atoms with Gasteiger partial charge in [0.25, 0.3) is 0 Å². The lowest BCUT2D eigenvalue weighted by molar-refractivity contribution is -0.115. The zero-order valence-electron chi connectivity index (χ0n) is 11.7. The zero-order chi connectivity index (χ0) is 14.7. The quantitative estimate of drug-likeness (QED) is 0.903. The summed E-state index contributed by atoms with van der Waals surface area (Å²) in [6.07, 6.45) is 2.53. The topological polar surface area (TPSA) is 41.1 Å². The molecule has 0 spiro atoms. The van der Waals surface area contributed by atoms with Gasteiger partial charge in [-0.05, 0) is 42.2 Å². The maximum Gasteiger partial charge on any atom is 0.228 e. The summed E-state index contributed by atoms with van der Waals surface area (Å²) < 4.78 is 0. The summed E-state index contributed by atoms with van der Waals surface area (Å²) in [7, 11) is 0. The highest BCUT2D eigenvalue weighted by Crippen LogP contribution is 2.25. The number of benzene rings is 2. The summed E-state index contributed by atoms with van der Waals surface area (Å²) >= 11 is 6.08. The van der Waals surface area contributed by atoms with Gasteiger partial charge in [0.15, 0.2) is 0 Å². The van der Waals surface area contributed by atoms with E-state index in [9.17, 15) is 4.79 Å². The molecule has 21 heavy (non-hydrogen) atoms. The van der Waals surface area contributed by atoms with Crippen LogP contribution in [0.2, 0.25) is 5.02 Å². The zero-order valence-corrected chi connectivity index (χ0v) is 12.4. The highest BCUT2D eigenvalue weighted by molar-refractivity contribution is 6.31. The number of anilines is 2. The fourth-order valence-corrected chi connectivity index (χ4v) is 2.76. The minimum Gasteiger partial charge on any atom is -0.385 e. The number of hydrogen-bond donors (Lipinski definition) is 2. The van der Waals surface area contributed by atoms with Gasteiger partial charge in [0.2, 0.25) is 5.91 Å². The summed E-state index contributed by atoms with van der Waals surface area (Å²) in [5.41, 5.74) is 4.09. The van der Waals surface area contributed by atoms with E-state index in [1.807, 2.05) is 30.3 Å². The number of carbonyl (C=O) groups excluding carboxylic acids is 1. The first kappa shape index (κ1) is 14.0. The molecule has 0 radical (unpaired) electrons. The summed E-state index contributed by atoms with van der Waals surface area (Å²) in [4.78, 5) is 12.1. The molecule has 2 N–H and O–H groups in total. The van der Waals surface area contributed by atoms with Gasteiger partial charge in [-0.25, -0.2) is 0 Å². The van der Waals surface area contributed by atoms with Crippen molar-refractivity contribution >= 4 is 28.9 Å². The van der Waals surface area contributed by atoms with Gasteiger partial charge in [-0.1, -0.05) is 35.9 Å². The van der Waals surface area contributed by atoms with Crippen molar-refractivity contribution in [1.82, 2.24) is 0 Å². The largest absolute Gasteiger partial charge is 0.385 e. The molecule has 0 fully saturated rings. The van der Waals surface area contributed by atoms with E-state index in [0.29, 0.717) is 5.02 Å². The van der Waals surface area contributed by atoms with Crippen LogP contribution in [0.1, 0.15) is 17.5 Å². The first-order chi connectivity index (χ1) is 10.2. The van der Waals surface area contributed by atoms with Gasteiger partial charge in [-0.15, -0.1) is 0 Å². The van der Waals surface area contributed by atoms with E-state index in [-0.39, 0.29) is 12.3 Å². The molecule has 108 valence electrons. The lowest BCUT2D eigenvalue weighted by Crippen LogP contribution is -2.16. The Hall–Kier alpha value is -2.00. The maximum atomic E-state index is 12.1. The van der Waals surface area contributed by atoms with Gasteiger partial charge >= 0.3 is 0 Å². The lowest BCUT2D eigenvalue weighted by Gasteiger charge is -2.19. The van der Waals surface area contributed by atoms with Crippen molar-refractivity contribution in [2.24, 2.45) is 0 Å². The standard InChI is InChI=1S/C17H17ClN2O/c18-15-6-2-1-4-13(15)10-17(21)20-14-8-7-12-5-3-9-19-16(12)11-14/h1-2,4,6-8,11,19H,3,5,9-10H2,(H,20,21). The van der Waals surface area contributed by atoms with Crippen LogP contribution >= 0.6 is 11.6 Å². The second-order valence-electron chi connectivity index (χ2n) is 5.22. The predicted octanol–water partition coefficient (Wildman–Crippen LogP) is 3.88. The fourth-order valence-electron chi connectivity index (χ4n) is 2.56. The van der Waals surface area contributed by atoms with E-state index < -0.39 is 0 Å². The molecule has 0 atom stereocenters. The molecule has 0 bridgehead atoms. The average Bonchev–Trinajstić information content (AvgIpc) is 2.49. The number of fused-ring (bicyclic) bond motifs is 1. The lowest BCUT2D eigenvalue weighted by atomic mass is 10.0. The van der Waals surface area contributed by atoms with Crippen molar-refractivity contribution in [3.8, 4) is 0 Å². The molecule has 1 aliphatic rings. The van der Waals surface area contributed by atoms with Crippen LogP contribution in [0.5, 0.6) is 0 Å². The van der Waals surface area contributed by atoms with Crippen LogP contribution in [-0.4, -0.2) is 12.5 Å². The average molecular weight is 301 g/mol. The Morgan fingerprint density at radius 1 is 1.24 bits per heavy atom. The molecule has 0 saturated carbocycles. The summed E-state index contributed by atoms with van der Waals surface area (Å²) in [5.74, 6) is -0.0566. The Morgan fingerprint density at radius 3 is 2.95 bits per heavy atom. The third-order valence-corrected chi connectivity index (χ3v) is 4.01. The molecule has 0 unspecified atom stereocenters. The Labute approximate surface area is 129 Å². The highest BCUT2D eigenvalue weighted by atomic mass is 35.5. The van der Waals surface area contributed by atoms with Crippen molar-refractivity contribution in [2.75, 3.05) is 17.2 Å². The monoisotopic (exact) mass is 300 g/mol. The second kappa shape index (κ2) is 6.19. The molecule has 2 aromatic carbocycles. The molecule has 1 amide bonds. The van der Waals surface area contributed by atoms with Crippen LogP contribution in [-0.2, 0) is 17.6 Å². The molecule has 1 heterocycles. The molecule has 4 heteroatoms. The molecular weight excluding hydrogens is 284 g/mol. The highest BCUT2D eigenvalue weighted by Gasteiger charge is 2.11. The van der Waals surface area contributed by atoms with E-state index in [1.54, 1.807) is 6.07 Å². The van der Waals surface area contributed by atoms with Gasteiger partial charge in [0.05, 0.1) is 6.42 Å². The number of amides is 1. The van der Waals surface area contributed by atoms with Gasteiger partial charge in [-0.3, -0.25) is 4.79 Å². The normalized spacial score (nSPS) is 13.2. The van der Waals surface area contributed by atoms with Gasteiger partial charge < -0.3 is 10.6 Å². The van der Waals surface area contributed by atoms with Gasteiger partial charge in [0, 0.05) is 22.9 Å². The minimum atomic E-state index is -0.0566. The van der Waals surface area contributed by atoms with E-state index in [1.165, 1.54) is 5.56 Å². The third-order valence-electron chi connectivity index (χ3n) is 3.64. The Kier molecular flexibility index (Phi) is 4.11. The van der Waals surface area contributed by atoms with Crippen molar-refractivity contribution < 1.29 is 4.79 Å². The van der Waals surface area contributed by atoms with Crippen LogP contribution in [0.25, 0.3) is 0 Å². The summed E-state index contributed by atoms with van der Waals surface area (Å²) in [6, 6.07) is 13.4. The number of carbonyl (C=O) groups is 1. The minimum absolute atomic E-state index is 0.0566. The SMILES string of the molecule is O=C(Cc1ccccc1Cl)Nc1ccc2c(c1)NCCC2. The molecule has 3 rings (SSSR count). The van der Waals surface area contributed by atoms with Crippen LogP contribution in [0.3, 0.4) is 0 Å². The molecule has 3 nitrogen and oxygen atoms in total. The first-order valence-corrected chi connectivity index (χ1v) is 7.50. The van der Waals surface area contributed by atoms with E-state index in [2.05, 4.69) is 16.7 Å². The first-order valence-electron chi connectivity index (χ1n) is 7.12. The van der Waals surface area contributed by atoms with Crippen LogP contribution < -0.4 is 10.6 Å². The van der Waals surface area contributed by atoms with E-state index >= 15 is 0 Å². The summed E-state index contributed by atoms with van der Waals surface area (Å²) in [6.45, 7) is 0.990. The van der Waals surface area contributed by atoms with Crippen LogP contribution in [0.4, 0.5) is 11.4 Å². The van der Waals surface area contributed by atoms with Gasteiger partial charge in [0.1, 0.15) is 0 Å². The predicted molar refractivity (Wildman–Crippen MR) is 87.0 cm³/mol. The third kappa shape index (κ3) is 3.37. The van der Waals surface area contributed by atoms with Crippen molar-refractivity contribution in [3.05, 3.63) is 58.6 Å².